The van der Waals surface area contributed by atoms with Crippen LogP contribution in [0.1, 0.15) is 31.4 Å². The number of rotatable bonds is 5. The molecule has 1 aromatic rings. The van der Waals surface area contributed by atoms with Gasteiger partial charge in [-0.05, 0) is 12.8 Å². The molecule has 1 fully saturated rings. The smallest absolute Gasteiger partial charge is 0.325 e. The third kappa shape index (κ3) is 3.03. The number of aliphatic carboxylic acids is 1. The van der Waals surface area contributed by atoms with Crippen molar-refractivity contribution in [3.05, 3.63) is 11.9 Å². The Hall–Kier alpha value is -1.43. The summed E-state index contributed by atoms with van der Waals surface area (Å²) in [7, 11) is 0. The summed E-state index contributed by atoms with van der Waals surface area (Å²) in [5.41, 5.74) is 0.799. The molecule has 0 radical (unpaired) electrons. The molecule has 2 N–H and O–H groups in total. The van der Waals surface area contributed by atoms with Crippen molar-refractivity contribution in [1.82, 2.24) is 20.3 Å². The molecular formula is C10H16N4O2. The highest BCUT2D eigenvalue weighted by molar-refractivity contribution is 5.66. The maximum atomic E-state index is 10.4. The zero-order valence-electron chi connectivity index (χ0n) is 9.09. The molecule has 0 aromatic carbocycles. The Bertz CT molecular complexity index is 357. The van der Waals surface area contributed by atoms with Gasteiger partial charge in [0.2, 0.25) is 0 Å². The number of carbonyl (C=O) groups is 1. The molecule has 0 aliphatic heterocycles. The maximum absolute atomic E-state index is 10.4. The molecule has 1 aliphatic carbocycles. The third-order valence-electron chi connectivity index (χ3n) is 2.81. The van der Waals surface area contributed by atoms with E-state index in [-0.39, 0.29) is 6.54 Å². The minimum absolute atomic E-state index is 0.129. The van der Waals surface area contributed by atoms with Gasteiger partial charge >= 0.3 is 5.97 Å². The van der Waals surface area contributed by atoms with E-state index >= 15 is 0 Å². The quantitative estimate of drug-likeness (QED) is 0.756. The fraction of sp³-hybridized carbons (Fsp3) is 0.700. The van der Waals surface area contributed by atoms with Crippen LogP contribution in [-0.4, -0.2) is 32.1 Å². The zero-order valence-corrected chi connectivity index (χ0v) is 9.09. The van der Waals surface area contributed by atoms with Crippen LogP contribution in [0.2, 0.25) is 0 Å². The van der Waals surface area contributed by atoms with Crippen molar-refractivity contribution in [2.45, 2.75) is 44.8 Å². The molecule has 0 spiro atoms. The summed E-state index contributed by atoms with van der Waals surface area (Å²) in [6.07, 6.45) is 6.72. The first-order chi connectivity index (χ1) is 7.74. The van der Waals surface area contributed by atoms with Crippen molar-refractivity contribution in [2.75, 3.05) is 0 Å². The molecule has 16 heavy (non-hydrogen) atoms. The van der Waals surface area contributed by atoms with Gasteiger partial charge in [-0.1, -0.05) is 18.1 Å². The lowest BCUT2D eigenvalue weighted by Gasteiger charge is -2.09. The van der Waals surface area contributed by atoms with Gasteiger partial charge < -0.3 is 10.4 Å². The second-order valence-corrected chi connectivity index (χ2v) is 4.16. The number of carboxylic acid groups (broad SMARTS) is 1. The molecule has 2 rings (SSSR count). The molecule has 0 atom stereocenters. The van der Waals surface area contributed by atoms with E-state index in [1.807, 2.05) is 0 Å². The number of nitrogens with one attached hydrogen (secondary N) is 1. The number of carboxylic acids is 1. The summed E-state index contributed by atoms with van der Waals surface area (Å²) >= 11 is 0. The van der Waals surface area contributed by atoms with Crippen molar-refractivity contribution in [3.8, 4) is 0 Å². The van der Waals surface area contributed by atoms with Crippen LogP contribution >= 0.6 is 0 Å². The van der Waals surface area contributed by atoms with Gasteiger partial charge in [0.05, 0.1) is 11.9 Å². The molecule has 1 aliphatic rings. The first-order valence-electron chi connectivity index (χ1n) is 5.58. The molecule has 0 amide bonds. The van der Waals surface area contributed by atoms with Crippen molar-refractivity contribution >= 4 is 5.97 Å². The van der Waals surface area contributed by atoms with Crippen LogP contribution in [0.15, 0.2) is 6.20 Å². The summed E-state index contributed by atoms with van der Waals surface area (Å²) in [6.45, 7) is 0.542. The largest absolute Gasteiger partial charge is 0.480 e. The highest BCUT2D eigenvalue weighted by atomic mass is 16.4. The van der Waals surface area contributed by atoms with Gasteiger partial charge in [0, 0.05) is 12.6 Å². The summed E-state index contributed by atoms with van der Waals surface area (Å²) in [4.78, 5) is 10.4. The number of aromatic nitrogens is 3. The Morgan fingerprint density at radius 1 is 1.56 bits per heavy atom. The Balaban J connectivity index is 1.80. The number of nitrogens with zero attached hydrogens (tertiary/aromatic N) is 3. The van der Waals surface area contributed by atoms with Crippen molar-refractivity contribution in [1.29, 1.82) is 0 Å². The number of hydrogen-bond donors (Lipinski definition) is 2. The first kappa shape index (κ1) is 11.1. The van der Waals surface area contributed by atoms with E-state index in [0.717, 1.165) is 5.69 Å². The molecule has 0 unspecified atom stereocenters. The average molecular weight is 224 g/mol. The fourth-order valence-electron chi connectivity index (χ4n) is 2.01. The van der Waals surface area contributed by atoms with Gasteiger partial charge in [-0.3, -0.25) is 4.79 Å². The minimum Gasteiger partial charge on any atom is -0.480 e. The van der Waals surface area contributed by atoms with Crippen molar-refractivity contribution in [3.63, 3.8) is 0 Å². The molecule has 1 heterocycles. The van der Waals surface area contributed by atoms with E-state index < -0.39 is 5.97 Å². The van der Waals surface area contributed by atoms with Gasteiger partial charge in [0.1, 0.15) is 6.54 Å². The van der Waals surface area contributed by atoms with Gasteiger partial charge in [-0.15, -0.1) is 5.10 Å². The molecule has 88 valence electrons. The van der Waals surface area contributed by atoms with Crippen LogP contribution in [0.3, 0.4) is 0 Å². The predicted octanol–water partition coefficient (Wildman–Crippen LogP) is 0.395. The van der Waals surface area contributed by atoms with E-state index in [1.54, 1.807) is 6.20 Å². The normalized spacial score (nSPS) is 16.8. The van der Waals surface area contributed by atoms with Gasteiger partial charge in [0.25, 0.3) is 0 Å². The summed E-state index contributed by atoms with van der Waals surface area (Å²) in [6, 6.07) is 0.588. The molecule has 1 saturated carbocycles. The molecule has 0 bridgehead atoms. The predicted molar refractivity (Wildman–Crippen MR) is 56.8 cm³/mol. The van der Waals surface area contributed by atoms with Crippen molar-refractivity contribution < 1.29 is 9.90 Å². The topological polar surface area (TPSA) is 80.0 Å². The van der Waals surface area contributed by atoms with E-state index in [0.29, 0.717) is 12.6 Å². The van der Waals surface area contributed by atoms with Gasteiger partial charge in [-0.2, -0.15) is 0 Å². The summed E-state index contributed by atoms with van der Waals surface area (Å²) in [5, 5.41) is 19.6. The molecule has 6 nitrogen and oxygen atoms in total. The Kier molecular flexibility index (Phi) is 3.51. The summed E-state index contributed by atoms with van der Waals surface area (Å²) in [5.74, 6) is -0.903. The van der Waals surface area contributed by atoms with Gasteiger partial charge in [-0.25, -0.2) is 4.68 Å². The second-order valence-electron chi connectivity index (χ2n) is 4.16. The second kappa shape index (κ2) is 5.07. The molecule has 6 heteroatoms. The third-order valence-corrected chi connectivity index (χ3v) is 2.81. The van der Waals surface area contributed by atoms with Gasteiger partial charge in [0.15, 0.2) is 0 Å². The van der Waals surface area contributed by atoms with E-state index in [1.165, 1.54) is 30.4 Å². The van der Waals surface area contributed by atoms with Crippen LogP contribution < -0.4 is 5.32 Å². The van der Waals surface area contributed by atoms with Crippen LogP contribution in [0.25, 0.3) is 0 Å². The Morgan fingerprint density at radius 3 is 3.00 bits per heavy atom. The van der Waals surface area contributed by atoms with Crippen LogP contribution in [0, 0.1) is 0 Å². The lowest BCUT2D eigenvalue weighted by atomic mass is 10.2. The molecular weight excluding hydrogens is 208 g/mol. The Morgan fingerprint density at radius 2 is 2.31 bits per heavy atom. The number of hydrogen-bond acceptors (Lipinski definition) is 4. The zero-order chi connectivity index (χ0) is 11.4. The average Bonchev–Trinajstić information content (AvgIpc) is 2.84. The lowest BCUT2D eigenvalue weighted by Crippen LogP contribution is -2.25. The van der Waals surface area contributed by atoms with E-state index in [9.17, 15) is 4.79 Å². The highest BCUT2D eigenvalue weighted by Gasteiger charge is 2.14. The molecule has 1 aromatic heterocycles. The van der Waals surface area contributed by atoms with Crippen LogP contribution in [-0.2, 0) is 17.9 Å². The molecule has 0 saturated heterocycles. The van der Waals surface area contributed by atoms with E-state index in [2.05, 4.69) is 15.6 Å². The highest BCUT2D eigenvalue weighted by Crippen LogP contribution is 2.17. The lowest BCUT2D eigenvalue weighted by molar-refractivity contribution is -0.137. The fourth-order valence-corrected chi connectivity index (χ4v) is 2.01. The maximum Gasteiger partial charge on any atom is 0.325 e. The van der Waals surface area contributed by atoms with Crippen molar-refractivity contribution in [2.24, 2.45) is 0 Å². The van der Waals surface area contributed by atoms with Crippen LogP contribution in [0.4, 0.5) is 0 Å². The SMILES string of the molecule is O=C(O)Cn1cc(CNC2CCCC2)nn1. The monoisotopic (exact) mass is 224 g/mol. The Labute approximate surface area is 93.6 Å². The minimum atomic E-state index is -0.903. The first-order valence-corrected chi connectivity index (χ1v) is 5.58. The standard InChI is InChI=1S/C10H16N4O2/c15-10(16)7-14-6-9(12-13-14)5-11-8-3-1-2-4-8/h6,8,11H,1-5,7H2,(H,15,16). The van der Waals surface area contributed by atoms with Crippen LogP contribution in [0.5, 0.6) is 0 Å². The van der Waals surface area contributed by atoms with E-state index in [4.69, 9.17) is 5.11 Å². The summed E-state index contributed by atoms with van der Waals surface area (Å²) < 4.78 is 1.34.